The van der Waals surface area contributed by atoms with Gasteiger partial charge in [0.1, 0.15) is 17.5 Å². The second-order valence-electron chi connectivity index (χ2n) is 5.93. The zero-order valence-corrected chi connectivity index (χ0v) is 13.6. The predicted molar refractivity (Wildman–Crippen MR) is 84.2 cm³/mol. The van der Waals surface area contributed by atoms with Crippen molar-refractivity contribution in [3.63, 3.8) is 0 Å². The van der Waals surface area contributed by atoms with Crippen LogP contribution in [0.5, 0.6) is 0 Å². The number of halogens is 1. The summed E-state index contributed by atoms with van der Waals surface area (Å²) in [6.07, 6.45) is -0.536. The van der Waals surface area contributed by atoms with Crippen LogP contribution in [0.3, 0.4) is 0 Å². The van der Waals surface area contributed by atoms with Gasteiger partial charge < -0.3 is 10.1 Å². The van der Waals surface area contributed by atoms with Crippen molar-refractivity contribution >= 4 is 29.4 Å². The molecule has 1 aromatic carbocycles. The average Bonchev–Trinajstić information content (AvgIpc) is 2.89. The molecule has 7 heteroatoms. The van der Waals surface area contributed by atoms with Crippen molar-refractivity contribution in [1.82, 2.24) is 4.90 Å². The number of amides is 2. The Bertz CT molecular complexity index is 574. The Morgan fingerprint density at radius 1 is 1.36 bits per heavy atom. The molecule has 0 bridgehead atoms. The van der Waals surface area contributed by atoms with E-state index >= 15 is 0 Å². The number of anilines is 1. The first-order valence-corrected chi connectivity index (χ1v) is 8.06. The quantitative estimate of drug-likeness (QED) is 0.907. The molecule has 2 rings (SSSR count). The molecule has 1 aliphatic rings. The minimum atomic E-state index is -0.667. The molecule has 0 saturated carbocycles. The van der Waals surface area contributed by atoms with Gasteiger partial charge in [0.25, 0.3) is 0 Å². The number of rotatable bonds is 2. The molecule has 1 N–H and O–H groups in total. The van der Waals surface area contributed by atoms with Crippen LogP contribution in [0.2, 0.25) is 0 Å². The lowest BCUT2D eigenvalue weighted by atomic mass is 10.2. The SMILES string of the molecule is CC(C)(C)OC(=O)N1CSC[C@H]1C(=O)Nc1ccccc1F. The first-order chi connectivity index (χ1) is 10.3. The number of carbonyl (C=O) groups is 2. The number of carbonyl (C=O) groups excluding carboxylic acids is 2. The fourth-order valence-corrected chi connectivity index (χ4v) is 3.08. The highest BCUT2D eigenvalue weighted by Crippen LogP contribution is 2.25. The number of benzene rings is 1. The van der Waals surface area contributed by atoms with Crippen LogP contribution in [-0.2, 0) is 9.53 Å². The second kappa shape index (κ2) is 6.56. The Balaban J connectivity index is 2.05. The number of nitrogens with zero attached hydrogens (tertiary/aromatic N) is 1. The third kappa shape index (κ3) is 4.13. The third-order valence-electron chi connectivity index (χ3n) is 2.94. The lowest BCUT2D eigenvalue weighted by molar-refractivity contribution is -0.120. The lowest BCUT2D eigenvalue weighted by Crippen LogP contribution is -2.46. The van der Waals surface area contributed by atoms with Crippen LogP contribution in [-0.4, -0.2) is 40.2 Å². The molecule has 1 aromatic rings. The van der Waals surface area contributed by atoms with Crippen LogP contribution in [0.25, 0.3) is 0 Å². The molecule has 2 amide bonds. The Kier molecular flexibility index (Phi) is 4.95. The van der Waals surface area contributed by atoms with E-state index in [0.717, 1.165) is 0 Å². The number of thioether (sulfide) groups is 1. The number of ether oxygens (including phenoxy) is 1. The summed E-state index contributed by atoms with van der Waals surface area (Å²) in [5.41, 5.74) is -0.523. The van der Waals surface area contributed by atoms with Crippen molar-refractivity contribution in [1.29, 1.82) is 0 Å². The molecule has 1 fully saturated rings. The summed E-state index contributed by atoms with van der Waals surface area (Å²) < 4.78 is 18.9. The minimum absolute atomic E-state index is 0.105. The van der Waals surface area contributed by atoms with Crippen LogP contribution in [0.15, 0.2) is 24.3 Å². The number of hydrogen-bond acceptors (Lipinski definition) is 4. The first-order valence-electron chi connectivity index (χ1n) is 6.91. The maximum atomic E-state index is 13.6. The molecule has 1 heterocycles. The molecule has 1 atom stereocenters. The zero-order chi connectivity index (χ0) is 16.3. The fraction of sp³-hybridized carbons (Fsp3) is 0.467. The third-order valence-corrected chi connectivity index (χ3v) is 3.96. The summed E-state index contributed by atoms with van der Waals surface area (Å²) in [4.78, 5) is 25.8. The van der Waals surface area contributed by atoms with Gasteiger partial charge in [-0.2, -0.15) is 0 Å². The zero-order valence-electron chi connectivity index (χ0n) is 12.8. The predicted octanol–water partition coefficient (Wildman–Crippen LogP) is 3.07. The van der Waals surface area contributed by atoms with E-state index in [0.29, 0.717) is 11.6 Å². The summed E-state index contributed by atoms with van der Waals surface area (Å²) in [5, 5.41) is 2.52. The molecular formula is C15H19FN2O3S. The summed E-state index contributed by atoms with van der Waals surface area (Å²) in [7, 11) is 0. The molecule has 0 spiro atoms. The van der Waals surface area contributed by atoms with Gasteiger partial charge in [0.05, 0.1) is 11.6 Å². The van der Waals surface area contributed by atoms with Gasteiger partial charge in [-0.25, -0.2) is 9.18 Å². The van der Waals surface area contributed by atoms with Gasteiger partial charge in [0.15, 0.2) is 0 Å². The average molecular weight is 326 g/mol. The molecule has 1 aliphatic heterocycles. The van der Waals surface area contributed by atoms with Crippen molar-refractivity contribution in [2.45, 2.75) is 32.4 Å². The van der Waals surface area contributed by atoms with Crippen LogP contribution in [0.4, 0.5) is 14.9 Å². The van der Waals surface area contributed by atoms with Gasteiger partial charge in [-0.05, 0) is 32.9 Å². The van der Waals surface area contributed by atoms with Gasteiger partial charge in [0, 0.05) is 5.75 Å². The summed E-state index contributed by atoms with van der Waals surface area (Å²) in [5.74, 6) is -0.0876. The summed E-state index contributed by atoms with van der Waals surface area (Å²) >= 11 is 1.46. The minimum Gasteiger partial charge on any atom is -0.444 e. The van der Waals surface area contributed by atoms with Crippen LogP contribution in [0, 0.1) is 5.82 Å². The molecule has 5 nitrogen and oxygen atoms in total. The normalized spacial score (nSPS) is 18.2. The van der Waals surface area contributed by atoms with Crippen molar-refractivity contribution in [2.24, 2.45) is 0 Å². The Morgan fingerprint density at radius 3 is 2.68 bits per heavy atom. The molecule has 22 heavy (non-hydrogen) atoms. The van der Waals surface area contributed by atoms with Gasteiger partial charge in [-0.1, -0.05) is 12.1 Å². The lowest BCUT2D eigenvalue weighted by Gasteiger charge is -2.27. The second-order valence-corrected chi connectivity index (χ2v) is 6.93. The van der Waals surface area contributed by atoms with E-state index in [1.807, 2.05) is 0 Å². The van der Waals surface area contributed by atoms with Gasteiger partial charge >= 0.3 is 6.09 Å². The van der Waals surface area contributed by atoms with E-state index in [4.69, 9.17) is 4.74 Å². The summed E-state index contributed by atoms with van der Waals surface area (Å²) in [6, 6.07) is 5.26. The first kappa shape index (κ1) is 16.6. The van der Waals surface area contributed by atoms with E-state index in [-0.39, 0.29) is 5.69 Å². The smallest absolute Gasteiger partial charge is 0.411 e. The highest BCUT2D eigenvalue weighted by Gasteiger charge is 2.37. The molecule has 0 aromatic heterocycles. The van der Waals surface area contributed by atoms with Crippen molar-refractivity contribution in [3.8, 4) is 0 Å². The van der Waals surface area contributed by atoms with Gasteiger partial charge in [0.2, 0.25) is 5.91 Å². The van der Waals surface area contributed by atoms with Crippen LogP contribution < -0.4 is 5.32 Å². The number of nitrogens with one attached hydrogen (secondary N) is 1. The Hall–Kier alpha value is -1.76. The molecule has 120 valence electrons. The van der Waals surface area contributed by atoms with E-state index < -0.39 is 29.5 Å². The Labute approximate surface area is 133 Å². The van der Waals surface area contributed by atoms with E-state index in [1.165, 1.54) is 28.8 Å². The maximum absolute atomic E-state index is 13.6. The highest BCUT2D eigenvalue weighted by molar-refractivity contribution is 7.99. The molecule has 0 radical (unpaired) electrons. The van der Waals surface area contributed by atoms with Crippen molar-refractivity contribution in [2.75, 3.05) is 16.9 Å². The Morgan fingerprint density at radius 2 is 2.05 bits per heavy atom. The van der Waals surface area contributed by atoms with E-state index in [9.17, 15) is 14.0 Å². The highest BCUT2D eigenvalue weighted by atomic mass is 32.2. The van der Waals surface area contributed by atoms with Gasteiger partial charge in [-0.3, -0.25) is 9.69 Å². The molecular weight excluding hydrogens is 307 g/mol. The monoisotopic (exact) mass is 326 g/mol. The van der Waals surface area contributed by atoms with Gasteiger partial charge in [-0.15, -0.1) is 11.8 Å². The maximum Gasteiger partial charge on any atom is 0.411 e. The van der Waals surface area contributed by atoms with Crippen molar-refractivity contribution < 1.29 is 18.7 Å². The van der Waals surface area contributed by atoms with E-state index in [2.05, 4.69) is 5.32 Å². The fourth-order valence-electron chi connectivity index (χ4n) is 1.94. The van der Waals surface area contributed by atoms with E-state index in [1.54, 1.807) is 32.9 Å². The van der Waals surface area contributed by atoms with Crippen molar-refractivity contribution in [3.05, 3.63) is 30.1 Å². The largest absolute Gasteiger partial charge is 0.444 e. The topological polar surface area (TPSA) is 58.6 Å². The molecule has 1 saturated heterocycles. The number of para-hydroxylation sites is 1. The number of hydrogen-bond donors (Lipinski definition) is 1. The standard InChI is InChI=1S/C15H19FN2O3S/c1-15(2,3)21-14(20)18-9-22-8-12(18)13(19)17-11-7-5-4-6-10(11)16/h4-7,12H,8-9H2,1-3H3,(H,17,19)/t12-/m0/s1. The summed E-state index contributed by atoms with van der Waals surface area (Å²) in [6.45, 7) is 5.30. The van der Waals surface area contributed by atoms with Crippen LogP contribution >= 0.6 is 11.8 Å². The molecule has 0 unspecified atom stereocenters. The van der Waals surface area contributed by atoms with Crippen LogP contribution in [0.1, 0.15) is 20.8 Å². The molecule has 0 aliphatic carbocycles.